The molecule has 1 aliphatic heterocycles. The molecule has 0 radical (unpaired) electrons. The van der Waals surface area contributed by atoms with Crippen molar-refractivity contribution in [2.24, 2.45) is 5.73 Å². The number of primary amides is 1. The van der Waals surface area contributed by atoms with Gasteiger partial charge in [-0.15, -0.1) is 0 Å². The lowest BCUT2D eigenvalue weighted by Crippen LogP contribution is -2.25. The smallest absolute Gasteiger partial charge is 0.248 e. The van der Waals surface area contributed by atoms with Gasteiger partial charge in [0, 0.05) is 24.1 Å². The Morgan fingerprint density at radius 3 is 2.56 bits per heavy atom. The van der Waals surface area contributed by atoms with Crippen LogP contribution in [0.1, 0.15) is 36.7 Å². The molecule has 3 nitrogen and oxygen atoms in total. The van der Waals surface area contributed by atoms with Gasteiger partial charge < -0.3 is 5.73 Å². The fourth-order valence-electron chi connectivity index (χ4n) is 2.28. The van der Waals surface area contributed by atoms with Crippen LogP contribution in [0.3, 0.4) is 0 Å². The predicted octanol–water partition coefficient (Wildman–Crippen LogP) is 1.81. The van der Waals surface area contributed by atoms with Crippen molar-refractivity contribution < 1.29 is 9.37 Å². The molecule has 0 fully saturated rings. The lowest BCUT2D eigenvalue weighted by Gasteiger charge is -2.15. The van der Waals surface area contributed by atoms with Gasteiger partial charge in [-0.25, -0.2) is 4.58 Å². The van der Waals surface area contributed by atoms with Crippen LogP contribution in [0.15, 0.2) is 18.2 Å². The first-order valence-electron chi connectivity index (χ1n) is 5.38. The van der Waals surface area contributed by atoms with Gasteiger partial charge in [-0.3, -0.25) is 4.79 Å². The van der Waals surface area contributed by atoms with E-state index >= 15 is 0 Å². The van der Waals surface area contributed by atoms with Crippen LogP contribution in [0, 0.1) is 0 Å². The number of carbonyl (C=O) groups is 1. The monoisotopic (exact) mass is 217 g/mol. The number of fused-ring (bicyclic) bond motifs is 1. The SMILES string of the molecule is CC1=[N+](C)c2ccc(C(N)=O)cc2C1(C)C. The number of hydrogen-bond acceptors (Lipinski definition) is 1. The summed E-state index contributed by atoms with van der Waals surface area (Å²) < 4.78 is 2.17. The summed E-state index contributed by atoms with van der Waals surface area (Å²) in [4.78, 5) is 11.2. The maximum Gasteiger partial charge on any atom is 0.248 e. The molecule has 2 N–H and O–H groups in total. The molecule has 0 unspecified atom stereocenters. The van der Waals surface area contributed by atoms with E-state index in [1.165, 1.54) is 11.3 Å². The molecule has 1 aromatic rings. The van der Waals surface area contributed by atoms with E-state index in [1.54, 1.807) is 6.07 Å². The van der Waals surface area contributed by atoms with Gasteiger partial charge in [0.05, 0.1) is 5.41 Å². The fourth-order valence-corrected chi connectivity index (χ4v) is 2.28. The first-order chi connectivity index (χ1) is 7.35. The maximum absolute atomic E-state index is 11.2. The number of hydrogen-bond donors (Lipinski definition) is 1. The summed E-state index contributed by atoms with van der Waals surface area (Å²) >= 11 is 0. The third kappa shape index (κ3) is 1.28. The van der Waals surface area contributed by atoms with Crippen LogP contribution in [0.25, 0.3) is 0 Å². The summed E-state index contributed by atoms with van der Waals surface area (Å²) in [6.07, 6.45) is 0. The van der Waals surface area contributed by atoms with Crippen LogP contribution in [0.5, 0.6) is 0 Å². The van der Waals surface area contributed by atoms with Crippen molar-refractivity contribution in [3.8, 4) is 0 Å². The van der Waals surface area contributed by atoms with Crippen LogP contribution in [0.2, 0.25) is 0 Å². The number of nitrogens with two attached hydrogens (primary N) is 1. The normalized spacial score (nSPS) is 17.5. The summed E-state index contributed by atoms with van der Waals surface area (Å²) in [5.41, 5.74) is 9.46. The number of nitrogens with zero attached hydrogens (tertiary/aromatic N) is 1. The molecule has 1 heterocycles. The Balaban J connectivity index is 2.67. The number of benzene rings is 1. The van der Waals surface area contributed by atoms with Crippen LogP contribution >= 0.6 is 0 Å². The lowest BCUT2D eigenvalue weighted by atomic mass is 9.81. The third-order valence-electron chi connectivity index (χ3n) is 3.72. The van der Waals surface area contributed by atoms with Crippen molar-refractivity contribution in [3.63, 3.8) is 0 Å². The molecule has 0 saturated carbocycles. The Hall–Kier alpha value is -1.64. The minimum absolute atomic E-state index is 0.0322. The average Bonchev–Trinajstić information content (AvgIpc) is 2.40. The second-order valence-corrected chi connectivity index (χ2v) is 4.87. The number of amides is 1. The Morgan fingerprint density at radius 1 is 1.38 bits per heavy atom. The van der Waals surface area contributed by atoms with E-state index < -0.39 is 0 Å². The van der Waals surface area contributed by atoms with E-state index in [4.69, 9.17) is 5.73 Å². The highest BCUT2D eigenvalue weighted by Crippen LogP contribution is 2.39. The Morgan fingerprint density at radius 2 is 2.00 bits per heavy atom. The molecular formula is C13H17N2O+. The Kier molecular flexibility index (Phi) is 2.15. The van der Waals surface area contributed by atoms with Crippen molar-refractivity contribution in [3.05, 3.63) is 29.3 Å². The molecule has 2 rings (SSSR count). The topological polar surface area (TPSA) is 46.1 Å². The largest absolute Gasteiger partial charge is 0.366 e. The van der Waals surface area contributed by atoms with Gasteiger partial charge in [-0.05, 0) is 26.0 Å². The minimum Gasteiger partial charge on any atom is -0.366 e. The van der Waals surface area contributed by atoms with Gasteiger partial charge in [0.15, 0.2) is 5.71 Å². The molecule has 84 valence electrons. The molecule has 1 aliphatic rings. The van der Waals surface area contributed by atoms with Crippen LogP contribution < -0.4 is 5.73 Å². The van der Waals surface area contributed by atoms with E-state index in [1.807, 2.05) is 19.2 Å². The zero-order valence-corrected chi connectivity index (χ0v) is 10.2. The van der Waals surface area contributed by atoms with E-state index in [9.17, 15) is 4.79 Å². The molecular weight excluding hydrogens is 200 g/mol. The maximum atomic E-state index is 11.2. The second-order valence-electron chi connectivity index (χ2n) is 4.87. The van der Waals surface area contributed by atoms with Gasteiger partial charge >= 0.3 is 0 Å². The van der Waals surface area contributed by atoms with Crippen molar-refractivity contribution >= 4 is 17.3 Å². The van der Waals surface area contributed by atoms with Crippen molar-refractivity contribution in [1.82, 2.24) is 0 Å². The Bertz CT molecular complexity index is 513. The Labute approximate surface area is 95.6 Å². The first kappa shape index (κ1) is 10.9. The number of carbonyl (C=O) groups excluding carboxylic acids is 1. The third-order valence-corrected chi connectivity index (χ3v) is 3.72. The first-order valence-corrected chi connectivity index (χ1v) is 5.38. The van der Waals surface area contributed by atoms with Crippen LogP contribution in [0.4, 0.5) is 5.69 Å². The van der Waals surface area contributed by atoms with Crippen LogP contribution in [-0.2, 0) is 5.41 Å². The summed E-state index contributed by atoms with van der Waals surface area (Å²) in [5.74, 6) is -0.370. The van der Waals surface area contributed by atoms with Crippen LogP contribution in [-0.4, -0.2) is 23.2 Å². The van der Waals surface area contributed by atoms with E-state index in [0.29, 0.717) is 5.56 Å². The van der Waals surface area contributed by atoms with E-state index in [2.05, 4.69) is 25.3 Å². The molecule has 3 heteroatoms. The minimum atomic E-state index is -0.370. The standard InChI is InChI=1S/C13H16N2O/c1-8-13(2,3)10-7-9(12(14)16)5-6-11(10)15(8)4/h5-7H,1-4H3,(H-,14,16)/p+1. The summed E-state index contributed by atoms with van der Waals surface area (Å²) in [7, 11) is 2.05. The molecule has 0 atom stereocenters. The van der Waals surface area contributed by atoms with Crippen molar-refractivity contribution in [1.29, 1.82) is 0 Å². The second kappa shape index (κ2) is 3.17. The summed E-state index contributed by atoms with van der Waals surface area (Å²) in [6, 6.07) is 5.66. The molecule has 0 saturated heterocycles. The van der Waals surface area contributed by atoms with Gasteiger partial charge in [-0.1, -0.05) is 0 Å². The molecule has 0 aliphatic carbocycles. The van der Waals surface area contributed by atoms with E-state index in [0.717, 1.165) is 5.69 Å². The molecule has 0 spiro atoms. The average molecular weight is 217 g/mol. The predicted molar refractivity (Wildman–Crippen MR) is 64.5 cm³/mol. The van der Waals surface area contributed by atoms with Gasteiger partial charge in [0.25, 0.3) is 0 Å². The lowest BCUT2D eigenvalue weighted by molar-refractivity contribution is -0.403. The van der Waals surface area contributed by atoms with Crippen molar-refractivity contribution in [2.75, 3.05) is 7.05 Å². The van der Waals surface area contributed by atoms with Gasteiger partial charge in [0.2, 0.25) is 11.6 Å². The summed E-state index contributed by atoms with van der Waals surface area (Å²) in [5, 5.41) is 0. The zero-order chi connectivity index (χ0) is 12.1. The highest BCUT2D eigenvalue weighted by Gasteiger charge is 2.41. The quantitative estimate of drug-likeness (QED) is 0.716. The fraction of sp³-hybridized carbons (Fsp3) is 0.385. The molecule has 1 aromatic carbocycles. The molecule has 16 heavy (non-hydrogen) atoms. The van der Waals surface area contributed by atoms with Crippen molar-refractivity contribution in [2.45, 2.75) is 26.2 Å². The highest BCUT2D eigenvalue weighted by molar-refractivity contribution is 5.97. The molecule has 1 amide bonds. The molecule has 0 bridgehead atoms. The van der Waals surface area contributed by atoms with E-state index in [-0.39, 0.29) is 11.3 Å². The highest BCUT2D eigenvalue weighted by atomic mass is 16.1. The number of rotatable bonds is 1. The molecule has 0 aromatic heterocycles. The zero-order valence-electron chi connectivity index (χ0n) is 10.2. The summed E-state index contributed by atoms with van der Waals surface area (Å²) in [6.45, 7) is 6.44. The van der Waals surface area contributed by atoms with Gasteiger partial charge in [0.1, 0.15) is 7.05 Å². The van der Waals surface area contributed by atoms with Gasteiger partial charge in [-0.2, -0.15) is 0 Å².